The number of hydrogen-bond acceptors (Lipinski definition) is 4. The Bertz CT molecular complexity index is 943. The normalized spacial score (nSPS) is 22.0. The second-order valence-electron chi connectivity index (χ2n) is 8.34. The summed E-state index contributed by atoms with van der Waals surface area (Å²) in [6.45, 7) is 9.09. The fraction of sp³-hybridized carbons (Fsp3) is 0.435. The third-order valence-electron chi connectivity index (χ3n) is 6.11. The number of nitriles is 1. The van der Waals surface area contributed by atoms with Crippen LogP contribution in [0, 0.1) is 16.7 Å². The van der Waals surface area contributed by atoms with Crippen LogP contribution < -0.4 is 0 Å². The molecule has 1 spiro atoms. The fourth-order valence-electron chi connectivity index (χ4n) is 4.77. The summed E-state index contributed by atoms with van der Waals surface area (Å²) < 4.78 is 1.91. The van der Waals surface area contributed by atoms with Crippen molar-refractivity contribution < 1.29 is 4.79 Å². The molecule has 29 heavy (non-hydrogen) atoms. The van der Waals surface area contributed by atoms with Crippen LogP contribution >= 0.6 is 0 Å². The highest BCUT2D eigenvalue weighted by atomic mass is 16.2. The van der Waals surface area contributed by atoms with Crippen LogP contribution in [-0.2, 0) is 13.1 Å². The second-order valence-corrected chi connectivity index (χ2v) is 8.34. The molecule has 4 rings (SSSR count). The van der Waals surface area contributed by atoms with E-state index in [4.69, 9.17) is 5.26 Å². The van der Waals surface area contributed by atoms with E-state index in [1.54, 1.807) is 18.2 Å². The lowest BCUT2D eigenvalue weighted by atomic mass is 9.79. The Labute approximate surface area is 172 Å². The topological polar surface area (TPSA) is 65.2 Å². The van der Waals surface area contributed by atoms with Gasteiger partial charge in [-0.05, 0) is 44.0 Å². The van der Waals surface area contributed by atoms with Crippen LogP contribution in [0.15, 0.2) is 49.3 Å². The number of benzene rings is 1. The minimum Gasteiger partial charge on any atom is -0.338 e. The lowest BCUT2D eigenvalue weighted by molar-refractivity contribution is 0.0675. The maximum absolute atomic E-state index is 13.0. The molecular weight excluding hydrogens is 362 g/mol. The summed E-state index contributed by atoms with van der Waals surface area (Å²) in [6.07, 6.45) is 9.26. The summed E-state index contributed by atoms with van der Waals surface area (Å²) in [7, 11) is 0. The third kappa shape index (κ3) is 4.25. The molecule has 150 valence electrons. The van der Waals surface area contributed by atoms with Crippen LogP contribution in [0.3, 0.4) is 0 Å². The van der Waals surface area contributed by atoms with E-state index in [0.717, 1.165) is 52.1 Å². The highest BCUT2D eigenvalue weighted by Crippen LogP contribution is 2.39. The first-order valence-electron chi connectivity index (χ1n) is 10.2. The van der Waals surface area contributed by atoms with E-state index in [9.17, 15) is 4.79 Å². The van der Waals surface area contributed by atoms with Crippen molar-refractivity contribution in [2.45, 2.75) is 32.4 Å². The molecule has 1 atom stereocenters. The Morgan fingerprint density at radius 1 is 1.31 bits per heavy atom. The molecule has 0 bridgehead atoms. The van der Waals surface area contributed by atoms with Gasteiger partial charge in [0, 0.05) is 48.9 Å². The molecule has 3 heterocycles. The minimum absolute atomic E-state index is 0.0433. The monoisotopic (exact) mass is 389 g/mol. The van der Waals surface area contributed by atoms with Crippen molar-refractivity contribution in [3.63, 3.8) is 0 Å². The highest BCUT2D eigenvalue weighted by Gasteiger charge is 2.42. The number of amides is 1. The standard InChI is InChI=1S/C23H27N5O/c1-2-9-28-16-20(14-25-28)15-26-10-4-7-23(17-26)8-11-27(18-23)22(29)21-6-3-5-19(12-21)13-24/h2-3,5-6,12,14,16H,1,4,7-11,15,17-18H2/t23-/m1/s1. The highest BCUT2D eigenvalue weighted by molar-refractivity contribution is 5.94. The van der Waals surface area contributed by atoms with Gasteiger partial charge < -0.3 is 4.90 Å². The molecule has 1 aromatic carbocycles. The lowest BCUT2D eigenvalue weighted by Gasteiger charge is -2.40. The van der Waals surface area contributed by atoms with Gasteiger partial charge >= 0.3 is 0 Å². The molecule has 0 N–H and O–H groups in total. The van der Waals surface area contributed by atoms with Gasteiger partial charge in [-0.15, -0.1) is 6.58 Å². The van der Waals surface area contributed by atoms with E-state index in [0.29, 0.717) is 11.1 Å². The molecule has 2 fully saturated rings. The number of aromatic nitrogens is 2. The predicted octanol–water partition coefficient (Wildman–Crippen LogP) is 3.07. The van der Waals surface area contributed by atoms with Crippen LogP contribution in [0.4, 0.5) is 0 Å². The molecule has 0 saturated carbocycles. The first-order chi connectivity index (χ1) is 14.1. The predicted molar refractivity (Wildman–Crippen MR) is 111 cm³/mol. The van der Waals surface area contributed by atoms with Crippen molar-refractivity contribution in [1.82, 2.24) is 19.6 Å². The quantitative estimate of drug-likeness (QED) is 0.737. The molecule has 6 nitrogen and oxygen atoms in total. The van der Waals surface area contributed by atoms with Crippen LogP contribution in [0.1, 0.15) is 40.7 Å². The van der Waals surface area contributed by atoms with E-state index in [2.05, 4.69) is 28.8 Å². The van der Waals surface area contributed by atoms with E-state index < -0.39 is 0 Å². The Kier molecular flexibility index (Phi) is 5.50. The summed E-state index contributed by atoms with van der Waals surface area (Å²) >= 11 is 0. The number of carbonyl (C=O) groups is 1. The van der Waals surface area contributed by atoms with Crippen LogP contribution in [0.25, 0.3) is 0 Å². The average molecular weight is 390 g/mol. The van der Waals surface area contributed by atoms with Gasteiger partial charge in [0.05, 0.1) is 24.4 Å². The lowest BCUT2D eigenvalue weighted by Crippen LogP contribution is -2.45. The molecule has 6 heteroatoms. The van der Waals surface area contributed by atoms with Gasteiger partial charge in [-0.3, -0.25) is 14.4 Å². The molecule has 1 amide bonds. The van der Waals surface area contributed by atoms with Gasteiger partial charge in [-0.2, -0.15) is 10.4 Å². The summed E-state index contributed by atoms with van der Waals surface area (Å²) in [5, 5.41) is 13.5. The smallest absolute Gasteiger partial charge is 0.253 e. The number of nitrogens with zero attached hydrogens (tertiary/aromatic N) is 5. The van der Waals surface area contributed by atoms with Crippen LogP contribution in [-0.4, -0.2) is 51.7 Å². The van der Waals surface area contributed by atoms with Crippen molar-refractivity contribution in [3.8, 4) is 6.07 Å². The van der Waals surface area contributed by atoms with Crippen molar-refractivity contribution in [1.29, 1.82) is 5.26 Å². The van der Waals surface area contributed by atoms with Gasteiger partial charge in [0.2, 0.25) is 0 Å². The molecule has 1 aromatic heterocycles. The molecule has 0 radical (unpaired) electrons. The van der Waals surface area contributed by atoms with Crippen LogP contribution in [0.2, 0.25) is 0 Å². The zero-order valence-electron chi connectivity index (χ0n) is 16.8. The SMILES string of the molecule is C=CCn1cc(CN2CCC[C@@]3(CCN(C(=O)c4cccc(C#N)c4)C3)C2)cn1. The molecule has 0 unspecified atom stereocenters. The maximum Gasteiger partial charge on any atom is 0.253 e. The first kappa shape index (κ1) is 19.4. The van der Waals surface area contributed by atoms with Crippen molar-refractivity contribution >= 4 is 5.91 Å². The Hall–Kier alpha value is -2.91. The average Bonchev–Trinajstić information content (AvgIpc) is 3.35. The Balaban J connectivity index is 1.40. The van der Waals surface area contributed by atoms with E-state index in [1.807, 2.05) is 27.9 Å². The summed E-state index contributed by atoms with van der Waals surface area (Å²) in [6, 6.07) is 9.14. The first-order valence-corrected chi connectivity index (χ1v) is 10.2. The van der Waals surface area contributed by atoms with Crippen molar-refractivity contribution in [3.05, 3.63) is 66.0 Å². The summed E-state index contributed by atoms with van der Waals surface area (Å²) in [5.41, 5.74) is 2.55. The molecule has 2 aromatic rings. The molecule has 2 aliphatic rings. The second kappa shape index (κ2) is 8.22. The number of likely N-dealkylation sites (tertiary alicyclic amines) is 2. The minimum atomic E-state index is 0.0433. The van der Waals surface area contributed by atoms with Crippen molar-refractivity contribution in [2.24, 2.45) is 5.41 Å². The number of piperidine rings is 1. The zero-order chi connectivity index (χ0) is 20.3. The number of rotatable bonds is 5. The number of carbonyl (C=O) groups excluding carboxylic acids is 1. The van der Waals surface area contributed by atoms with Gasteiger partial charge in [0.15, 0.2) is 0 Å². The van der Waals surface area contributed by atoms with E-state index >= 15 is 0 Å². The van der Waals surface area contributed by atoms with Crippen LogP contribution in [0.5, 0.6) is 0 Å². The maximum atomic E-state index is 13.0. The van der Waals surface area contributed by atoms with E-state index in [-0.39, 0.29) is 11.3 Å². The number of hydrogen-bond donors (Lipinski definition) is 0. The number of allylic oxidation sites excluding steroid dienone is 1. The molecule has 2 aliphatic heterocycles. The fourth-order valence-corrected chi connectivity index (χ4v) is 4.77. The van der Waals surface area contributed by atoms with Gasteiger partial charge in [-0.1, -0.05) is 12.1 Å². The Morgan fingerprint density at radius 2 is 2.21 bits per heavy atom. The molecule has 2 saturated heterocycles. The van der Waals surface area contributed by atoms with Gasteiger partial charge in [0.1, 0.15) is 0 Å². The van der Waals surface area contributed by atoms with Gasteiger partial charge in [-0.25, -0.2) is 0 Å². The largest absolute Gasteiger partial charge is 0.338 e. The van der Waals surface area contributed by atoms with E-state index in [1.165, 1.54) is 12.0 Å². The third-order valence-corrected chi connectivity index (χ3v) is 6.11. The molecule has 0 aliphatic carbocycles. The van der Waals surface area contributed by atoms with Crippen molar-refractivity contribution in [2.75, 3.05) is 26.2 Å². The zero-order valence-corrected chi connectivity index (χ0v) is 16.8. The summed E-state index contributed by atoms with van der Waals surface area (Å²) in [4.78, 5) is 17.4. The Morgan fingerprint density at radius 3 is 3.03 bits per heavy atom. The molecular formula is C23H27N5O. The van der Waals surface area contributed by atoms with Gasteiger partial charge in [0.25, 0.3) is 5.91 Å². The summed E-state index contributed by atoms with van der Waals surface area (Å²) in [5.74, 6) is 0.0433.